The topological polar surface area (TPSA) is 14.0 Å². The first-order valence-corrected chi connectivity index (χ1v) is 2.55. The molecule has 1 heteroatoms. The van der Waals surface area contributed by atoms with Crippen LogP contribution in [0.3, 0.4) is 0 Å². The van der Waals surface area contributed by atoms with Gasteiger partial charge >= 0.3 is 0 Å². The Morgan fingerprint density at radius 2 is 2.33 bits per heavy atom. The highest BCUT2D eigenvalue weighted by molar-refractivity contribution is 5.50. The van der Waals surface area contributed by atoms with E-state index in [9.17, 15) is 0 Å². The van der Waals surface area contributed by atoms with E-state index < -0.39 is 0 Å². The lowest BCUT2D eigenvalue weighted by Crippen LogP contribution is -2.70. The zero-order valence-corrected chi connectivity index (χ0v) is 3.91. The predicted octanol–water partition coefficient (Wildman–Crippen LogP) is -0.678. The summed E-state index contributed by atoms with van der Waals surface area (Å²) in [5, 5.41) is 0. The third kappa shape index (κ3) is 0.814. The Morgan fingerprint density at radius 3 is 2.50 bits per heavy atom. The van der Waals surface area contributed by atoms with Gasteiger partial charge in [-0.3, -0.25) is 4.99 Å². The van der Waals surface area contributed by atoms with Crippen LogP contribution in [0, 0.1) is 0 Å². The van der Waals surface area contributed by atoms with Gasteiger partial charge in [0.1, 0.15) is 12.8 Å². The van der Waals surface area contributed by atoms with Crippen molar-refractivity contribution < 1.29 is 4.99 Å². The minimum absolute atomic E-state index is 1.19. The molecule has 0 saturated carbocycles. The van der Waals surface area contributed by atoms with Crippen LogP contribution < -0.4 is 4.99 Å². The molecule has 0 radical (unpaired) electrons. The van der Waals surface area contributed by atoms with Crippen LogP contribution in [-0.4, -0.2) is 12.8 Å². The molecule has 1 heterocycles. The van der Waals surface area contributed by atoms with Crippen molar-refractivity contribution in [1.29, 1.82) is 0 Å². The predicted molar refractivity (Wildman–Crippen MR) is 25.7 cm³/mol. The van der Waals surface area contributed by atoms with E-state index in [1.807, 2.05) is 0 Å². The molecule has 0 atom stereocenters. The van der Waals surface area contributed by atoms with Crippen molar-refractivity contribution in [3.8, 4) is 0 Å². The van der Waals surface area contributed by atoms with E-state index >= 15 is 0 Å². The van der Waals surface area contributed by atoms with Crippen LogP contribution in [0.5, 0.6) is 0 Å². The van der Waals surface area contributed by atoms with Gasteiger partial charge < -0.3 is 0 Å². The van der Waals surface area contributed by atoms with Gasteiger partial charge in [-0.15, -0.1) is 0 Å². The first kappa shape index (κ1) is 3.85. The standard InChI is InChI=1S/C5H9N/c1-2-4-6-5-3-1/h4H,1-3,5H2/p+1/i3+1,5+1,6+1. The van der Waals surface area contributed by atoms with Gasteiger partial charge in [0.15, 0.2) is 0 Å². The molecule has 0 bridgehead atoms. The molecule has 1 rings (SSSR count). The van der Waals surface area contributed by atoms with Crippen molar-refractivity contribution in [3.05, 3.63) is 0 Å². The average molecular weight is 87.1 g/mol. The molecule has 0 aromatic carbocycles. The molecule has 1 aliphatic rings. The van der Waals surface area contributed by atoms with Gasteiger partial charge in [0.05, 0.1) is 0 Å². The maximum absolute atomic E-state index is 3.16. The Labute approximate surface area is 38.1 Å². The van der Waals surface area contributed by atoms with Crippen LogP contribution in [0.4, 0.5) is 0 Å². The Morgan fingerprint density at radius 1 is 1.33 bits per heavy atom. The van der Waals surface area contributed by atoms with E-state index in [4.69, 9.17) is 0 Å². The second kappa shape index (κ2) is 1.96. The quantitative estimate of drug-likeness (QED) is 0.297. The first-order chi connectivity index (χ1) is 3.00. The molecule has 0 fully saturated rings. The molecule has 0 aliphatic carbocycles. The lowest BCUT2D eigenvalue weighted by molar-refractivity contribution is -0.457. The van der Waals surface area contributed by atoms with Gasteiger partial charge in [0.25, 0.3) is 0 Å². The molecule has 0 aromatic rings. The molecule has 0 aromatic heterocycles. The average Bonchev–Trinajstić information content (AvgIpc) is 1.72. The molecular formula is C5H10N+. The molecular weight excluding hydrogens is 77.0 g/mol. The van der Waals surface area contributed by atoms with Crippen molar-refractivity contribution in [2.24, 2.45) is 0 Å². The zero-order valence-electron chi connectivity index (χ0n) is 3.91. The third-order valence-corrected chi connectivity index (χ3v) is 1.06. The largest absolute Gasteiger partial charge is 0.252 e. The highest BCUT2D eigenvalue weighted by atomic mass is 15.6. The summed E-state index contributed by atoms with van der Waals surface area (Å²) in [6.07, 6.45) is 6.15. The molecule has 0 spiro atoms. The molecule has 1 aliphatic heterocycles. The van der Waals surface area contributed by atoms with Gasteiger partial charge in [0.2, 0.25) is 0 Å². The molecule has 1 nitrogen and oxygen atoms in total. The van der Waals surface area contributed by atoms with Gasteiger partial charge in [-0.05, 0) is 6.42 Å². The van der Waals surface area contributed by atoms with Gasteiger partial charge in [-0.25, -0.2) is 0 Å². The molecule has 0 amide bonds. The van der Waals surface area contributed by atoms with Gasteiger partial charge in [-0.1, -0.05) is 0 Å². The Bertz CT molecular complexity index is 49.0. The summed E-state index contributed by atoms with van der Waals surface area (Å²) in [6, 6.07) is 0. The van der Waals surface area contributed by atoms with Crippen LogP contribution in [-0.2, 0) is 0 Å². The summed E-state index contributed by atoms with van der Waals surface area (Å²) in [7, 11) is 0. The van der Waals surface area contributed by atoms with Gasteiger partial charge in [0, 0.05) is 12.8 Å². The summed E-state index contributed by atoms with van der Waals surface area (Å²) in [4.78, 5) is 3.16. The second-order valence-electron chi connectivity index (χ2n) is 1.65. The fraction of sp³-hybridized carbons (Fsp3) is 0.800. The van der Waals surface area contributed by atoms with Crippen LogP contribution in [0.2, 0.25) is 0 Å². The lowest BCUT2D eigenvalue weighted by atomic mass is 10.4. The van der Waals surface area contributed by atoms with E-state index in [2.05, 4.69) is 11.2 Å². The normalized spacial score (nSPS) is 21.3. The Hall–Kier alpha value is -0.330. The maximum Gasteiger partial charge on any atom is 0.140 e. The smallest absolute Gasteiger partial charge is 0.140 e. The minimum Gasteiger partial charge on any atom is -0.252 e. The molecule has 1 N–H and O–H groups in total. The summed E-state index contributed by atoms with van der Waals surface area (Å²) < 4.78 is 0. The fourth-order valence-electron chi connectivity index (χ4n) is 0.678. The minimum atomic E-state index is 1.19. The highest BCUT2D eigenvalue weighted by Gasteiger charge is 1.93. The van der Waals surface area contributed by atoms with Crippen molar-refractivity contribution in [3.63, 3.8) is 0 Å². The monoisotopic (exact) mass is 87.1 g/mol. The van der Waals surface area contributed by atoms with Crippen LogP contribution in [0.15, 0.2) is 0 Å². The van der Waals surface area contributed by atoms with Crippen LogP contribution in [0.25, 0.3) is 0 Å². The lowest BCUT2D eigenvalue weighted by Gasteiger charge is -1.91. The van der Waals surface area contributed by atoms with Crippen molar-refractivity contribution >= 4 is 6.21 Å². The molecule has 0 saturated heterocycles. The first-order valence-electron chi connectivity index (χ1n) is 2.55. The second-order valence-corrected chi connectivity index (χ2v) is 1.65. The maximum atomic E-state index is 3.16. The molecule has 6 heavy (non-hydrogen) atoms. The number of hydrogen-bond donors (Lipinski definition) is 1. The third-order valence-electron chi connectivity index (χ3n) is 1.06. The van der Waals surface area contributed by atoms with E-state index in [-0.39, 0.29) is 0 Å². The summed E-state index contributed by atoms with van der Waals surface area (Å²) in [5.74, 6) is 0. The SMILES string of the molecule is C1=[15NH+][13CH2][13CH2]CC1. The van der Waals surface area contributed by atoms with Gasteiger partial charge in [-0.2, -0.15) is 0 Å². The van der Waals surface area contributed by atoms with E-state index in [1.54, 1.807) is 0 Å². The van der Waals surface area contributed by atoms with E-state index in [1.165, 1.54) is 25.8 Å². The summed E-state index contributed by atoms with van der Waals surface area (Å²) in [6.45, 7) is 1.19. The molecule has 0 unspecified atom stereocenters. The van der Waals surface area contributed by atoms with Crippen molar-refractivity contribution in [2.45, 2.75) is 19.3 Å². The Balaban J connectivity index is 2.26. The number of hydrogen-bond acceptors (Lipinski definition) is 0. The van der Waals surface area contributed by atoms with E-state index in [0.717, 1.165) is 0 Å². The highest BCUT2D eigenvalue weighted by Crippen LogP contribution is 1.88. The van der Waals surface area contributed by atoms with E-state index in [0.29, 0.717) is 0 Å². The summed E-state index contributed by atoms with van der Waals surface area (Å²) >= 11 is 0. The number of rotatable bonds is 0. The van der Waals surface area contributed by atoms with Crippen LogP contribution >= 0.6 is 0 Å². The Kier molecular flexibility index (Phi) is 1.25. The zero-order chi connectivity index (χ0) is 4.24. The number of nitrogens with one attached hydrogen (secondary N) is 1. The van der Waals surface area contributed by atoms with Crippen molar-refractivity contribution in [1.82, 2.24) is 0 Å². The van der Waals surface area contributed by atoms with Crippen molar-refractivity contribution in [2.75, 3.05) is 6.54 Å². The van der Waals surface area contributed by atoms with Crippen LogP contribution in [0.1, 0.15) is 19.3 Å². The molecule has 34 valence electrons. The fourth-order valence-corrected chi connectivity index (χ4v) is 0.678. The summed E-state index contributed by atoms with van der Waals surface area (Å²) in [5.41, 5.74) is 0.